The summed E-state index contributed by atoms with van der Waals surface area (Å²) in [5, 5.41) is 1.61. The molecule has 32 heavy (non-hydrogen) atoms. The van der Waals surface area contributed by atoms with E-state index >= 15 is 0 Å². The number of anilines is 1. The van der Waals surface area contributed by atoms with E-state index in [0.717, 1.165) is 28.5 Å². The quantitative estimate of drug-likeness (QED) is 0.238. The molecule has 7 nitrogen and oxygen atoms in total. The lowest BCUT2D eigenvalue weighted by molar-refractivity contribution is -0.870. The molecule has 0 amide bonds. The van der Waals surface area contributed by atoms with Crippen LogP contribution < -0.4 is 26.6 Å². The average Bonchev–Trinajstić information content (AvgIpc) is 2.68. The molecular formula is C23H36BrN3O4S. The number of unbranched alkanes of at least 4 members (excludes halogenated alkanes) is 2. The van der Waals surface area contributed by atoms with Gasteiger partial charge in [-0.3, -0.25) is 4.79 Å². The van der Waals surface area contributed by atoms with Crippen molar-refractivity contribution in [3.8, 4) is 0 Å². The zero-order chi connectivity index (χ0) is 23.1. The maximum Gasteiger partial charge on any atom is 0.305 e. The van der Waals surface area contributed by atoms with E-state index in [0.29, 0.717) is 37.8 Å². The lowest BCUT2D eigenvalue weighted by Crippen LogP contribution is -3.00. The topological polar surface area (TPSA) is 75.7 Å². The van der Waals surface area contributed by atoms with Crippen LogP contribution >= 0.6 is 0 Å². The molecule has 0 spiro atoms. The number of benzene rings is 2. The second kappa shape index (κ2) is 12.5. The molecule has 0 fully saturated rings. The minimum absolute atomic E-state index is 0. The predicted molar refractivity (Wildman–Crippen MR) is 126 cm³/mol. The summed E-state index contributed by atoms with van der Waals surface area (Å²) < 4.78 is 34.4. The summed E-state index contributed by atoms with van der Waals surface area (Å²) in [4.78, 5) is 14.0. The van der Waals surface area contributed by atoms with Gasteiger partial charge in [-0.2, -0.15) is 0 Å². The molecule has 0 atom stereocenters. The van der Waals surface area contributed by atoms with Crippen LogP contribution in [0.4, 0.5) is 5.69 Å². The number of sulfonamides is 1. The Morgan fingerprint density at radius 2 is 1.66 bits per heavy atom. The molecule has 9 heteroatoms. The number of nitrogens with zero attached hydrogens (tertiary/aromatic N) is 2. The van der Waals surface area contributed by atoms with E-state index < -0.39 is 10.0 Å². The monoisotopic (exact) mass is 529 g/mol. The molecule has 2 rings (SSSR count). The number of hydrogen-bond donors (Lipinski definition) is 1. The molecule has 0 aromatic heterocycles. The number of hydrogen-bond acceptors (Lipinski definition) is 5. The van der Waals surface area contributed by atoms with Gasteiger partial charge in [0.25, 0.3) is 0 Å². The standard InChI is InChI=1S/C23H36N3O4S.BrH/c1-25(2)21-13-9-12-20-19(21)11-10-14-22(20)31(28,29)24-16-8-6-7-15-23(27)30-18-17-26(3,4)5;/h9-14,24H,6-8,15-18H2,1-5H3;1H/q+1;/p-1. The molecule has 2 aromatic carbocycles. The van der Waals surface area contributed by atoms with E-state index in [1.807, 2.05) is 64.4 Å². The van der Waals surface area contributed by atoms with Crippen LogP contribution in [-0.2, 0) is 19.6 Å². The number of likely N-dealkylation sites (N-methyl/N-ethyl adjacent to an activating group) is 1. The number of ether oxygens (including phenoxy) is 1. The van der Waals surface area contributed by atoms with Gasteiger partial charge in [-0.15, -0.1) is 0 Å². The SMILES string of the molecule is CN(C)c1cccc2c(S(=O)(=O)NCCCCCC(=O)OCC[N+](C)(C)C)cccc12.[Br-]. The Kier molecular flexibility index (Phi) is 11.1. The van der Waals surface area contributed by atoms with Crippen molar-refractivity contribution in [3.63, 3.8) is 0 Å². The minimum Gasteiger partial charge on any atom is -1.00 e. The number of halogens is 1. The van der Waals surface area contributed by atoms with Gasteiger partial charge < -0.3 is 31.1 Å². The van der Waals surface area contributed by atoms with Gasteiger partial charge in [-0.1, -0.05) is 30.7 Å². The summed E-state index contributed by atoms with van der Waals surface area (Å²) in [6, 6.07) is 11.0. The highest BCUT2D eigenvalue weighted by Crippen LogP contribution is 2.30. The third-order valence-corrected chi connectivity index (χ3v) is 6.52. The average molecular weight is 531 g/mol. The number of nitrogens with one attached hydrogen (secondary N) is 1. The molecule has 0 heterocycles. The van der Waals surface area contributed by atoms with Gasteiger partial charge in [-0.05, 0) is 25.0 Å². The van der Waals surface area contributed by atoms with Gasteiger partial charge in [-0.25, -0.2) is 13.1 Å². The van der Waals surface area contributed by atoms with Crippen molar-refractivity contribution in [2.24, 2.45) is 0 Å². The van der Waals surface area contributed by atoms with Crippen LogP contribution in [-0.4, -0.2) is 73.8 Å². The maximum atomic E-state index is 12.9. The fourth-order valence-corrected chi connectivity index (χ4v) is 4.54. The van der Waals surface area contributed by atoms with Gasteiger partial charge in [0.15, 0.2) is 0 Å². The number of carbonyl (C=O) groups is 1. The van der Waals surface area contributed by atoms with E-state index in [9.17, 15) is 13.2 Å². The zero-order valence-electron chi connectivity index (χ0n) is 19.7. The molecule has 0 radical (unpaired) electrons. The van der Waals surface area contributed by atoms with Crippen molar-refractivity contribution >= 4 is 32.5 Å². The van der Waals surface area contributed by atoms with Gasteiger partial charge in [0.05, 0.1) is 26.0 Å². The van der Waals surface area contributed by atoms with Crippen LogP contribution in [0.25, 0.3) is 10.8 Å². The predicted octanol–water partition coefficient (Wildman–Crippen LogP) is -0.00210. The first-order valence-electron chi connectivity index (χ1n) is 10.7. The summed E-state index contributed by atoms with van der Waals surface area (Å²) in [6.07, 6.45) is 2.47. The fourth-order valence-electron chi connectivity index (χ4n) is 3.25. The van der Waals surface area contributed by atoms with Gasteiger partial charge in [0.1, 0.15) is 13.2 Å². The third-order valence-electron chi connectivity index (χ3n) is 5.01. The van der Waals surface area contributed by atoms with E-state index in [1.165, 1.54) is 0 Å². The summed E-state index contributed by atoms with van der Waals surface area (Å²) in [6.45, 7) is 1.53. The molecule has 0 saturated heterocycles. The van der Waals surface area contributed by atoms with E-state index in [1.54, 1.807) is 12.1 Å². The first kappa shape index (κ1) is 28.4. The zero-order valence-corrected chi connectivity index (χ0v) is 22.1. The van der Waals surface area contributed by atoms with E-state index in [2.05, 4.69) is 4.72 Å². The highest BCUT2D eigenvalue weighted by molar-refractivity contribution is 7.89. The molecule has 1 N–H and O–H groups in total. The molecule has 0 bridgehead atoms. The van der Waals surface area contributed by atoms with E-state index in [4.69, 9.17) is 4.74 Å². The summed E-state index contributed by atoms with van der Waals surface area (Å²) >= 11 is 0. The van der Waals surface area contributed by atoms with Crippen molar-refractivity contribution in [3.05, 3.63) is 36.4 Å². The van der Waals surface area contributed by atoms with Crippen molar-refractivity contribution < 1.29 is 39.4 Å². The Hall–Kier alpha value is -1.68. The first-order valence-corrected chi connectivity index (χ1v) is 12.1. The number of carbonyl (C=O) groups excluding carboxylic acids is 1. The summed E-state index contributed by atoms with van der Waals surface area (Å²) in [5.41, 5.74) is 0.975. The summed E-state index contributed by atoms with van der Waals surface area (Å²) in [5.74, 6) is -0.193. The van der Waals surface area contributed by atoms with Crippen LogP contribution in [0.5, 0.6) is 0 Å². The van der Waals surface area contributed by atoms with Gasteiger partial charge in [0, 0.05) is 43.5 Å². The van der Waals surface area contributed by atoms with Crippen LogP contribution in [0.3, 0.4) is 0 Å². The number of rotatable bonds is 12. The Balaban J connectivity index is 0.00000512. The fraction of sp³-hybridized carbons (Fsp3) is 0.522. The Morgan fingerprint density at radius 3 is 2.31 bits per heavy atom. The molecule has 0 aliphatic rings. The molecular weight excluding hydrogens is 494 g/mol. The normalized spacial score (nSPS) is 11.8. The second-order valence-corrected chi connectivity index (χ2v) is 10.7. The number of fused-ring (bicyclic) bond motifs is 1. The number of quaternary nitrogens is 1. The lowest BCUT2D eigenvalue weighted by atomic mass is 10.1. The molecule has 0 saturated carbocycles. The van der Waals surface area contributed by atoms with Crippen molar-refractivity contribution in [2.75, 3.05) is 59.8 Å². The second-order valence-electron chi connectivity index (χ2n) is 8.97. The van der Waals surface area contributed by atoms with Crippen LogP contribution in [0.1, 0.15) is 25.7 Å². The van der Waals surface area contributed by atoms with Gasteiger partial charge >= 0.3 is 5.97 Å². The van der Waals surface area contributed by atoms with Crippen molar-refractivity contribution in [1.29, 1.82) is 0 Å². The first-order chi connectivity index (χ1) is 14.5. The Morgan fingerprint density at radius 1 is 1.00 bits per heavy atom. The highest BCUT2D eigenvalue weighted by atomic mass is 79.9. The van der Waals surface area contributed by atoms with Crippen LogP contribution in [0.15, 0.2) is 41.3 Å². The summed E-state index contributed by atoms with van der Waals surface area (Å²) in [7, 11) is 6.41. The molecule has 0 aliphatic heterocycles. The van der Waals surface area contributed by atoms with Crippen LogP contribution in [0.2, 0.25) is 0 Å². The Bertz CT molecular complexity index is 988. The Labute approximate surface area is 203 Å². The molecule has 180 valence electrons. The van der Waals surface area contributed by atoms with Crippen LogP contribution in [0, 0.1) is 0 Å². The van der Waals surface area contributed by atoms with E-state index in [-0.39, 0.29) is 27.8 Å². The smallest absolute Gasteiger partial charge is 0.305 e. The molecule has 0 unspecified atom stereocenters. The van der Waals surface area contributed by atoms with Gasteiger partial charge in [0.2, 0.25) is 10.0 Å². The molecule has 2 aromatic rings. The molecule has 0 aliphatic carbocycles. The maximum absolute atomic E-state index is 12.9. The largest absolute Gasteiger partial charge is 1.00 e. The van der Waals surface area contributed by atoms with Crippen molar-refractivity contribution in [1.82, 2.24) is 4.72 Å². The minimum atomic E-state index is -3.62. The third kappa shape index (κ3) is 8.69. The number of esters is 1. The lowest BCUT2D eigenvalue weighted by Gasteiger charge is -2.23. The highest BCUT2D eigenvalue weighted by Gasteiger charge is 2.18. The van der Waals surface area contributed by atoms with Crippen molar-refractivity contribution in [2.45, 2.75) is 30.6 Å².